The van der Waals surface area contributed by atoms with Crippen molar-refractivity contribution in [3.63, 3.8) is 0 Å². The second-order valence-electron chi connectivity index (χ2n) is 4.08. The molecule has 0 heterocycles. The van der Waals surface area contributed by atoms with Crippen molar-refractivity contribution in [2.24, 2.45) is 17.4 Å². The molecule has 1 aliphatic carbocycles. The Balaban J connectivity index is 2.37. The van der Waals surface area contributed by atoms with Crippen molar-refractivity contribution < 1.29 is 9.59 Å². The lowest BCUT2D eigenvalue weighted by atomic mass is 10.1. The Bertz CT molecular complexity index is 251. The summed E-state index contributed by atoms with van der Waals surface area (Å²) in [7, 11) is 0. The van der Waals surface area contributed by atoms with Crippen LogP contribution in [0.3, 0.4) is 0 Å². The largest absolute Gasteiger partial charge is 0.368 e. The lowest BCUT2D eigenvalue weighted by Gasteiger charge is -2.21. The van der Waals surface area contributed by atoms with E-state index in [9.17, 15) is 9.59 Å². The highest BCUT2D eigenvalue weighted by Gasteiger charge is 2.30. The Morgan fingerprint density at radius 3 is 2.47 bits per heavy atom. The fourth-order valence-corrected chi connectivity index (χ4v) is 1.59. The summed E-state index contributed by atoms with van der Waals surface area (Å²) in [5.74, 6) is -0.0536. The van der Waals surface area contributed by atoms with Crippen LogP contribution >= 0.6 is 0 Å². The van der Waals surface area contributed by atoms with Crippen molar-refractivity contribution in [2.75, 3.05) is 13.1 Å². The molecular formula is C10H19N3O2. The summed E-state index contributed by atoms with van der Waals surface area (Å²) >= 11 is 0. The van der Waals surface area contributed by atoms with Gasteiger partial charge in [-0.15, -0.1) is 0 Å². The Morgan fingerprint density at radius 2 is 2.07 bits per heavy atom. The number of nitrogens with two attached hydrogens (primary N) is 2. The molecule has 86 valence electrons. The molecule has 1 fully saturated rings. The van der Waals surface area contributed by atoms with Crippen molar-refractivity contribution in [3.05, 3.63) is 0 Å². The Hall–Kier alpha value is -1.10. The van der Waals surface area contributed by atoms with Gasteiger partial charge >= 0.3 is 0 Å². The second-order valence-corrected chi connectivity index (χ2v) is 4.08. The zero-order valence-corrected chi connectivity index (χ0v) is 9.11. The minimum Gasteiger partial charge on any atom is -0.368 e. The number of hydrogen-bond acceptors (Lipinski definition) is 3. The van der Waals surface area contributed by atoms with Crippen molar-refractivity contribution in [3.8, 4) is 0 Å². The van der Waals surface area contributed by atoms with Crippen LogP contribution in [-0.2, 0) is 9.59 Å². The molecule has 2 amide bonds. The Kier molecular flexibility index (Phi) is 4.08. The molecule has 0 aromatic carbocycles. The van der Waals surface area contributed by atoms with Crippen molar-refractivity contribution in [1.82, 2.24) is 4.90 Å². The normalized spacial score (nSPS) is 17.2. The number of hydrogen-bond donors (Lipinski definition) is 2. The third-order valence-electron chi connectivity index (χ3n) is 2.72. The van der Waals surface area contributed by atoms with E-state index in [1.807, 2.05) is 6.92 Å². The molecule has 1 aliphatic rings. The van der Waals surface area contributed by atoms with Gasteiger partial charge in [0.05, 0.1) is 6.54 Å². The Morgan fingerprint density at radius 1 is 1.47 bits per heavy atom. The van der Waals surface area contributed by atoms with Gasteiger partial charge in [0.1, 0.15) is 0 Å². The lowest BCUT2D eigenvalue weighted by molar-refractivity contribution is -0.135. The smallest absolute Gasteiger partial charge is 0.237 e. The molecule has 1 saturated carbocycles. The van der Waals surface area contributed by atoms with Crippen LogP contribution in [-0.4, -0.2) is 35.8 Å². The van der Waals surface area contributed by atoms with Gasteiger partial charge in [-0.2, -0.15) is 0 Å². The SMILES string of the molecule is CCN(CC(N)=O)C(=O)CC(N)C1CC1. The fourth-order valence-electron chi connectivity index (χ4n) is 1.59. The molecule has 0 aromatic heterocycles. The van der Waals surface area contributed by atoms with Gasteiger partial charge in [-0.1, -0.05) is 0 Å². The lowest BCUT2D eigenvalue weighted by Crippen LogP contribution is -2.41. The van der Waals surface area contributed by atoms with Gasteiger partial charge in [-0.3, -0.25) is 9.59 Å². The van der Waals surface area contributed by atoms with Crippen LogP contribution in [0.4, 0.5) is 0 Å². The number of amides is 2. The number of rotatable bonds is 6. The van der Waals surface area contributed by atoms with Crippen LogP contribution in [0.2, 0.25) is 0 Å². The number of likely N-dealkylation sites (N-methyl/N-ethyl adjacent to an activating group) is 1. The monoisotopic (exact) mass is 213 g/mol. The molecule has 0 aromatic rings. The molecule has 15 heavy (non-hydrogen) atoms. The van der Waals surface area contributed by atoms with E-state index >= 15 is 0 Å². The summed E-state index contributed by atoms with van der Waals surface area (Å²) in [6, 6.07) is -0.0561. The topological polar surface area (TPSA) is 89.4 Å². The molecule has 1 atom stereocenters. The molecule has 5 heteroatoms. The molecule has 0 radical (unpaired) electrons. The maximum Gasteiger partial charge on any atom is 0.237 e. The first kappa shape index (κ1) is 12.0. The summed E-state index contributed by atoms with van der Waals surface area (Å²) in [5.41, 5.74) is 10.9. The molecule has 0 saturated heterocycles. The summed E-state index contributed by atoms with van der Waals surface area (Å²) in [4.78, 5) is 23.8. The van der Waals surface area contributed by atoms with Crippen LogP contribution in [0, 0.1) is 5.92 Å². The maximum atomic E-state index is 11.7. The van der Waals surface area contributed by atoms with Crippen LogP contribution < -0.4 is 11.5 Å². The average Bonchev–Trinajstić information content (AvgIpc) is 2.96. The maximum absolute atomic E-state index is 11.7. The van der Waals surface area contributed by atoms with Crippen LogP contribution in [0.1, 0.15) is 26.2 Å². The number of primary amides is 1. The minimum atomic E-state index is -0.481. The highest BCUT2D eigenvalue weighted by atomic mass is 16.2. The van der Waals surface area contributed by atoms with E-state index in [0.717, 1.165) is 12.8 Å². The molecule has 0 spiro atoms. The minimum absolute atomic E-state index is 0.00722. The highest BCUT2D eigenvalue weighted by Crippen LogP contribution is 2.32. The first-order chi connectivity index (χ1) is 7.04. The van der Waals surface area contributed by atoms with Gasteiger partial charge < -0.3 is 16.4 Å². The van der Waals surface area contributed by atoms with Crippen molar-refractivity contribution >= 4 is 11.8 Å². The summed E-state index contributed by atoms with van der Waals surface area (Å²) < 4.78 is 0. The Labute approximate surface area is 89.8 Å². The van der Waals surface area contributed by atoms with Crippen LogP contribution in [0.25, 0.3) is 0 Å². The van der Waals surface area contributed by atoms with Crippen LogP contribution in [0.5, 0.6) is 0 Å². The second kappa shape index (κ2) is 5.11. The zero-order valence-electron chi connectivity index (χ0n) is 9.11. The summed E-state index contributed by atoms with van der Waals surface area (Å²) in [6.07, 6.45) is 2.57. The van der Waals surface area contributed by atoms with Gasteiger partial charge in [-0.05, 0) is 25.7 Å². The van der Waals surface area contributed by atoms with Crippen LogP contribution in [0.15, 0.2) is 0 Å². The molecule has 0 bridgehead atoms. The van der Waals surface area contributed by atoms with Gasteiger partial charge in [-0.25, -0.2) is 0 Å². The number of carbonyl (C=O) groups excluding carboxylic acids is 2. The van der Waals surface area contributed by atoms with Gasteiger partial charge in [0.25, 0.3) is 0 Å². The zero-order chi connectivity index (χ0) is 11.4. The van der Waals surface area contributed by atoms with E-state index in [0.29, 0.717) is 18.9 Å². The quantitative estimate of drug-likeness (QED) is 0.620. The number of nitrogens with zero attached hydrogens (tertiary/aromatic N) is 1. The molecule has 1 rings (SSSR count). The third-order valence-corrected chi connectivity index (χ3v) is 2.72. The predicted octanol–water partition coefficient (Wildman–Crippen LogP) is -0.552. The molecule has 4 N–H and O–H groups in total. The molecule has 1 unspecified atom stereocenters. The fraction of sp³-hybridized carbons (Fsp3) is 0.800. The van der Waals surface area contributed by atoms with E-state index in [1.165, 1.54) is 4.90 Å². The molecule has 5 nitrogen and oxygen atoms in total. The average molecular weight is 213 g/mol. The van der Waals surface area contributed by atoms with E-state index in [4.69, 9.17) is 11.5 Å². The van der Waals surface area contributed by atoms with Gasteiger partial charge in [0, 0.05) is 19.0 Å². The van der Waals surface area contributed by atoms with E-state index < -0.39 is 5.91 Å². The van der Waals surface area contributed by atoms with E-state index in [2.05, 4.69) is 0 Å². The highest BCUT2D eigenvalue weighted by molar-refractivity contribution is 5.84. The van der Waals surface area contributed by atoms with Crippen molar-refractivity contribution in [2.45, 2.75) is 32.2 Å². The standard InChI is InChI=1S/C10H19N3O2/c1-2-13(6-9(12)14)10(15)5-8(11)7-3-4-7/h7-8H,2-6,11H2,1H3,(H2,12,14). The van der Waals surface area contributed by atoms with Gasteiger partial charge in [0.2, 0.25) is 11.8 Å². The first-order valence-corrected chi connectivity index (χ1v) is 5.36. The predicted molar refractivity (Wildman–Crippen MR) is 56.8 cm³/mol. The van der Waals surface area contributed by atoms with Crippen molar-refractivity contribution in [1.29, 1.82) is 0 Å². The summed E-state index contributed by atoms with van der Waals surface area (Å²) in [6.45, 7) is 2.31. The molecular weight excluding hydrogens is 194 g/mol. The first-order valence-electron chi connectivity index (χ1n) is 5.36. The third kappa shape index (κ3) is 3.87. The van der Waals surface area contributed by atoms with Gasteiger partial charge in [0.15, 0.2) is 0 Å². The van der Waals surface area contributed by atoms with E-state index in [-0.39, 0.29) is 18.5 Å². The summed E-state index contributed by atoms with van der Waals surface area (Å²) in [5, 5.41) is 0. The van der Waals surface area contributed by atoms with E-state index in [1.54, 1.807) is 0 Å². The molecule has 0 aliphatic heterocycles. The number of carbonyl (C=O) groups is 2.